The summed E-state index contributed by atoms with van der Waals surface area (Å²) in [6, 6.07) is 10.2. The molecule has 0 spiro atoms. The van der Waals surface area contributed by atoms with Gasteiger partial charge in [-0.25, -0.2) is 4.68 Å². The van der Waals surface area contributed by atoms with Crippen molar-refractivity contribution in [2.75, 3.05) is 6.61 Å². The quantitative estimate of drug-likeness (QED) is 0.692. The molecule has 0 fully saturated rings. The highest BCUT2D eigenvalue weighted by molar-refractivity contribution is 5.79. The summed E-state index contributed by atoms with van der Waals surface area (Å²) in [6.07, 6.45) is 3.20. The van der Waals surface area contributed by atoms with Crippen molar-refractivity contribution in [2.45, 2.75) is 12.5 Å². The zero-order chi connectivity index (χ0) is 16.1. The van der Waals surface area contributed by atoms with Crippen molar-refractivity contribution in [3.63, 3.8) is 0 Å². The molecule has 0 aliphatic rings. The van der Waals surface area contributed by atoms with Gasteiger partial charge < -0.3 is 14.8 Å². The van der Waals surface area contributed by atoms with Gasteiger partial charge >= 0.3 is 0 Å². The second kappa shape index (κ2) is 6.84. The molecule has 3 rings (SSSR count). The van der Waals surface area contributed by atoms with Crippen molar-refractivity contribution < 1.29 is 14.3 Å². The van der Waals surface area contributed by atoms with E-state index in [1.807, 2.05) is 24.3 Å². The van der Waals surface area contributed by atoms with Gasteiger partial charge in [-0.15, -0.1) is 5.10 Å². The molecule has 0 radical (unpaired) electrons. The third-order valence-electron chi connectivity index (χ3n) is 3.32. The number of aliphatic hydroxyl groups is 1. The van der Waals surface area contributed by atoms with Crippen molar-refractivity contribution in [3.8, 4) is 5.69 Å². The van der Waals surface area contributed by atoms with Crippen LogP contribution in [0.25, 0.3) is 5.69 Å². The largest absolute Gasteiger partial charge is 0.467 e. The maximum atomic E-state index is 12.1. The molecule has 1 atom stereocenters. The maximum absolute atomic E-state index is 12.1. The number of hydrogen-bond acceptors (Lipinski definition) is 6. The number of carbonyl (C=O) groups is 1. The number of amides is 1. The highest BCUT2D eigenvalue weighted by Crippen LogP contribution is 2.13. The Balaban J connectivity index is 1.61. The van der Waals surface area contributed by atoms with Crippen LogP contribution in [0.4, 0.5) is 0 Å². The van der Waals surface area contributed by atoms with Crippen molar-refractivity contribution in [1.82, 2.24) is 25.5 Å². The van der Waals surface area contributed by atoms with Gasteiger partial charge in [0.1, 0.15) is 18.1 Å². The van der Waals surface area contributed by atoms with Crippen LogP contribution < -0.4 is 5.32 Å². The third-order valence-corrected chi connectivity index (χ3v) is 3.32. The second-order valence-electron chi connectivity index (χ2n) is 4.92. The predicted molar refractivity (Wildman–Crippen MR) is 79.5 cm³/mol. The number of nitrogens with one attached hydrogen (secondary N) is 1. The molecule has 118 valence electrons. The summed E-state index contributed by atoms with van der Waals surface area (Å²) in [5.74, 6) is 0.325. The average molecular weight is 313 g/mol. The number of carbonyl (C=O) groups excluding carboxylic acids is 1. The SMILES string of the molecule is O=C(Cc1ccc(-n2cnnn2)cc1)NC(CO)c1ccco1. The molecular formula is C15H15N5O3. The standard InChI is InChI=1S/C15H15N5O3/c21-9-13(14-2-1-7-23-14)17-15(22)8-11-3-5-12(6-4-11)20-10-16-18-19-20/h1-7,10,13,21H,8-9H2,(H,17,22). The van der Waals surface area contributed by atoms with E-state index >= 15 is 0 Å². The lowest BCUT2D eigenvalue weighted by atomic mass is 10.1. The van der Waals surface area contributed by atoms with Gasteiger partial charge in [-0.05, 0) is 40.3 Å². The Kier molecular flexibility index (Phi) is 4.44. The molecule has 1 amide bonds. The Morgan fingerprint density at radius 2 is 2.13 bits per heavy atom. The lowest BCUT2D eigenvalue weighted by Crippen LogP contribution is -2.31. The Morgan fingerprint density at radius 1 is 1.30 bits per heavy atom. The van der Waals surface area contributed by atoms with Gasteiger partial charge in [0, 0.05) is 0 Å². The van der Waals surface area contributed by atoms with E-state index in [0.717, 1.165) is 11.3 Å². The van der Waals surface area contributed by atoms with Crippen LogP contribution in [0.15, 0.2) is 53.4 Å². The monoisotopic (exact) mass is 313 g/mol. The molecular weight excluding hydrogens is 298 g/mol. The van der Waals surface area contributed by atoms with Crippen LogP contribution in [0, 0.1) is 0 Å². The van der Waals surface area contributed by atoms with Crippen molar-refractivity contribution in [2.24, 2.45) is 0 Å². The Morgan fingerprint density at radius 3 is 2.74 bits per heavy atom. The molecule has 23 heavy (non-hydrogen) atoms. The third kappa shape index (κ3) is 3.61. The zero-order valence-corrected chi connectivity index (χ0v) is 12.2. The molecule has 8 nitrogen and oxygen atoms in total. The van der Waals surface area contributed by atoms with Gasteiger partial charge in [-0.3, -0.25) is 4.79 Å². The maximum Gasteiger partial charge on any atom is 0.225 e. The minimum Gasteiger partial charge on any atom is -0.467 e. The van der Waals surface area contributed by atoms with Crippen LogP contribution in [0.1, 0.15) is 17.4 Å². The van der Waals surface area contributed by atoms with E-state index in [4.69, 9.17) is 4.42 Å². The Labute approximate surface area is 131 Å². The normalized spacial score (nSPS) is 12.0. The van der Waals surface area contributed by atoms with Gasteiger partial charge in [-0.2, -0.15) is 0 Å². The summed E-state index contributed by atoms with van der Waals surface area (Å²) in [5, 5.41) is 23.0. The van der Waals surface area contributed by atoms with E-state index in [1.165, 1.54) is 17.3 Å². The van der Waals surface area contributed by atoms with Crippen molar-refractivity contribution in [3.05, 3.63) is 60.3 Å². The first-order chi connectivity index (χ1) is 11.3. The minimum atomic E-state index is -0.544. The molecule has 1 aromatic carbocycles. The molecule has 2 N–H and O–H groups in total. The van der Waals surface area contributed by atoms with Gasteiger partial charge in [0.2, 0.25) is 5.91 Å². The van der Waals surface area contributed by atoms with Crippen LogP contribution >= 0.6 is 0 Å². The fourth-order valence-electron chi connectivity index (χ4n) is 2.17. The molecule has 0 aliphatic carbocycles. The lowest BCUT2D eigenvalue weighted by molar-refractivity contribution is -0.121. The van der Waals surface area contributed by atoms with Crippen LogP contribution in [0.5, 0.6) is 0 Å². The number of tetrazole rings is 1. The first kappa shape index (κ1) is 14.9. The molecule has 0 aliphatic heterocycles. The molecule has 2 aromatic heterocycles. The molecule has 0 bridgehead atoms. The molecule has 0 saturated carbocycles. The number of nitrogens with zero attached hydrogens (tertiary/aromatic N) is 4. The zero-order valence-electron chi connectivity index (χ0n) is 12.2. The smallest absolute Gasteiger partial charge is 0.225 e. The predicted octanol–water partition coefficient (Wildman–Crippen LogP) is 0.648. The Bertz CT molecular complexity index is 738. The van der Waals surface area contributed by atoms with Crippen LogP contribution in [0.3, 0.4) is 0 Å². The number of furan rings is 1. The number of aromatic nitrogens is 4. The summed E-state index contributed by atoms with van der Waals surface area (Å²) >= 11 is 0. The van der Waals surface area contributed by atoms with E-state index < -0.39 is 6.04 Å². The minimum absolute atomic E-state index is 0.198. The van der Waals surface area contributed by atoms with Crippen molar-refractivity contribution >= 4 is 5.91 Å². The van der Waals surface area contributed by atoms with E-state index in [9.17, 15) is 9.90 Å². The summed E-state index contributed by atoms with van der Waals surface area (Å²) in [6.45, 7) is -0.225. The van der Waals surface area contributed by atoms with Crippen LogP contribution in [-0.2, 0) is 11.2 Å². The van der Waals surface area contributed by atoms with Gasteiger partial charge in [0.05, 0.1) is 25.0 Å². The average Bonchev–Trinajstić information content (AvgIpc) is 3.26. The van der Waals surface area contributed by atoms with Crippen LogP contribution in [-0.4, -0.2) is 37.8 Å². The molecule has 3 aromatic rings. The Hall–Kier alpha value is -3.00. The summed E-state index contributed by atoms with van der Waals surface area (Å²) in [5.41, 5.74) is 1.65. The van der Waals surface area contributed by atoms with Gasteiger partial charge in [0.15, 0.2) is 0 Å². The number of hydrogen-bond donors (Lipinski definition) is 2. The highest BCUT2D eigenvalue weighted by atomic mass is 16.3. The number of aliphatic hydroxyl groups excluding tert-OH is 1. The van der Waals surface area contributed by atoms with Gasteiger partial charge in [-0.1, -0.05) is 12.1 Å². The van der Waals surface area contributed by atoms with E-state index in [2.05, 4.69) is 20.8 Å². The summed E-state index contributed by atoms with van der Waals surface area (Å²) in [4.78, 5) is 12.1. The first-order valence-corrected chi connectivity index (χ1v) is 7.02. The fourth-order valence-corrected chi connectivity index (χ4v) is 2.17. The first-order valence-electron chi connectivity index (χ1n) is 7.02. The summed E-state index contributed by atoms with van der Waals surface area (Å²) < 4.78 is 6.73. The van der Waals surface area contributed by atoms with Gasteiger partial charge in [0.25, 0.3) is 0 Å². The fraction of sp³-hybridized carbons (Fsp3) is 0.200. The summed E-state index contributed by atoms with van der Waals surface area (Å²) in [7, 11) is 0. The molecule has 8 heteroatoms. The number of benzene rings is 1. The second-order valence-corrected chi connectivity index (χ2v) is 4.92. The lowest BCUT2D eigenvalue weighted by Gasteiger charge is -2.14. The van der Waals surface area contributed by atoms with Crippen LogP contribution in [0.2, 0.25) is 0 Å². The molecule has 2 heterocycles. The topological polar surface area (TPSA) is 106 Å². The van der Waals surface area contributed by atoms with Crippen molar-refractivity contribution in [1.29, 1.82) is 0 Å². The molecule has 1 unspecified atom stereocenters. The number of rotatable bonds is 6. The highest BCUT2D eigenvalue weighted by Gasteiger charge is 2.16. The van der Waals surface area contributed by atoms with E-state index in [-0.39, 0.29) is 18.9 Å². The van der Waals surface area contributed by atoms with E-state index in [0.29, 0.717) is 5.76 Å². The van der Waals surface area contributed by atoms with E-state index in [1.54, 1.807) is 12.1 Å². The molecule has 0 saturated heterocycles.